The zero-order valence-electron chi connectivity index (χ0n) is 7.41. The number of amides is 1. The van der Waals surface area contributed by atoms with Crippen LogP contribution in [0.25, 0.3) is 0 Å². The minimum Gasteiger partial charge on any atom is -0.403 e. The third-order valence-corrected chi connectivity index (χ3v) is 1.96. The van der Waals surface area contributed by atoms with Gasteiger partial charge < -0.3 is 4.74 Å². The third-order valence-electron chi connectivity index (χ3n) is 1.32. The van der Waals surface area contributed by atoms with Crippen LogP contribution in [-0.4, -0.2) is 14.5 Å². The number of nitrogens with one attached hydrogen (secondary N) is 1. The summed E-state index contributed by atoms with van der Waals surface area (Å²) < 4.78 is 51.8. The molecular formula is C7H4ClF2NO4S. The zero-order chi connectivity index (χ0) is 12.3. The SMILES string of the molecule is O=C(NS(=O)(=O)Cl)Oc1c(F)cccc1F. The van der Waals surface area contributed by atoms with E-state index in [1.54, 1.807) is 0 Å². The highest BCUT2D eigenvalue weighted by Gasteiger charge is 2.17. The summed E-state index contributed by atoms with van der Waals surface area (Å²) in [7, 11) is 0.280. The van der Waals surface area contributed by atoms with Gasteiger partial charge in [-0.15, -0.1) is 0 Å². The van der Waals surface area contributed by atoms with Crippen molar-refractivity contribution >= 4 is 26.0 Å². The Morgan fingerprint density at radius 3 is 2.25 bits per heavy atom. The van der Waals surface area contributed by atoms with Gasteiger partial charge in [0, 0.05) is 10.7 Å². The Balaban J connectivity index is 2.86. The number of benzene rings is 1. The normalized spacial score (nSPS) is 10.9. The van der Waals surface area contributed by atoms with E-state index in [-0.39, 0.29) is 0 Å². The largest absolute Gasteiger partial charge is 0.427 e. The summed E-state index contributed by atoms with van der Waals surface area (Å²) in [6.45, 7) is 0. The molecule has 0 aliphatic carbocycles. The Labute approximate surface area is 93.5 Å². The first-order valence-electron chi connectivity index (χ1n) is 3.68. The lowest BCUT2D eigenvalue weighted by molar-refractivity contribution is 0.202. The first-order chi connectivity index (χ1) is 7.29. The van der Waals surface area contributed by atoms with E-state index in [0.29, 0.717) is 0 Å². The number of rotatable bonds is 2. The molecule has 0 atom stereocenters. The van der Waals surface area contributed by atoms with Gasteiger partial charge in [0.15, 0.2) is 11.6 Å². The number of para-hydroxylation sites is 1. The molecular weight excluding hydrogens is 268 g/mol. The maximum Gasteiger partial charge on any atom is 0.427 e. The molecule has 0 aliphatic rings. The predicted molar refractivity (Wildman–Crippen MR) is 50.3 cm³/mol. The van der Waals surface area contributed by atoms with Crippen molar-refractivity contribution in [3.05, 3.63) is 29.8 Å². The smallest absolute Gasteiger partial charge is 0.403 e. The number of carbonyl (C=O) groups is 1. The molecule has 0 unspecified atom stereocenters. The Kier molecular flexibility index (Phi) is 3.66. The van der Waals surface area contributed by atoms with E-state index in [0.717, 1.165) is 18.2 Å². The van der Waals surface area contributed by atoms with Gasteiger partial charge >= 0.3 is 15.3 Å². The predicted octanol–water partition coefficient (Wildman–Crippen LogP) is 1.54. The van der Waals surface area contributed by atoms with E-state index in [1.807, 2.05) is 0 Å². The summed E-state index contributed by atoms with van der Waals surface area (Å²) in [5.74, 6) is -3.32. The minimum absolute atomic E-state index is 0.834. The second-order valence-corrected chi connectivity index (χ2v) is 4.78. The molecule has 0 aliphatic heterocycles. The molecule has 0 saturated heterocycles. The Hall–Kier alpha value is -1.41. The highest BCUT2D eigenvalue weighted by Crippen LogP contribution is 2.20. The van der Waals surface area contributed by atoms with Crippen molar-refractivity contribution in [2.45, 2.75) is 0 Å². The lowest BCUT2D eigenvalue weighted by Crippen LogP contribution is -2.30. The molecule has 1 aromatic rings. The molecule has 1 aromatic carbocycles. The summed E-state index contributed by atoms with van der Waals surface area (Å²) >= 11 is 0. The van der Waals surface area contributed by atoms with Crippen molar-refractivity contribution in [2.24, 2.45) is 0 Å². The topological polar surface area (TPSA) is 72.5 Å². The van der Waals surface area contributed by atoms with Gasteiger partial charge in [0.25, 0.3) is 0 Å². The Bertz CT molecular complexity index is 499. The number of hydrogen-bond acceptors (Lipinski definition) is 4. The van der Waals surface area contributed by atoms with Crippen LogP contribution in [0.3, 0.4) is 0 Å². The fraction of sp³-hybridized carbons (Fsp3) is 0. The number of halogens is 3. The summed E-state index contributed by atoms with van der Waals surface area (Å²) in [6, 6.07) is 2.72. The van der Waals surface area contributed by atoms with E-state index in [4.69, 9.17) is 0 Å². The van der Waals surface area contributed by atoms with Crippen LogP contribution in [-0.2, 0) is 9.24 Å². The van der Waals surface area contributed by atoms with E-state index in [9.17, 15) is 22.0 Å². The van der Waals surface area contributed by atoms with Crippen molar-refractivity contribution in [3.63, 3.8) is 0 Å². The molecule has 0 aromatic heterocycles. The van der Waals surface area contributed by atoms with E-state index in [1.165, 1.54) is 4.72 Å². The van der Waals surface area contributed by atoms with Gasteiger partial charge in [0.05, 0.1) is 0 Å². The number of carbonyl (C=O) groups excluding carboxylic acids is 1. The molecule has 1 amide bonds. The van der Waals surface area contributed by atoms with Gasteiger partial charge in [-0.3, -0.25) is 0 Å². The van der Waals surface area contributed by atoms with E-state index in [2.05, 4.69) is 15.4 Å². The van der Waals surface area contributed by atoms with Crippen molar-refractivity contribution in [1.82, 2.24) is 4.72 Å². The molecule has 1 N–H and O–H groups in total. The van der Waals surface area contributed by atoms with Crippen LogP contribution in [0.15, 0.2) is 18.2 Å². The van der Waals surface area contributed by atoms with Crippen molar-refractivity contribution in [3.8, 4) is 5.75 Å². The molecule has 16 heavy (non-hydrogen) atoms. The van der Waals surface area contributed by atoms with Crippen LogP contribution in [0, 0.1) is 11.6 Å². The monoisotopic (exact) mass is 271 g/mol. The molecule has 1 rings (SSSR count). The average Bonchev–Trinajstić information content (AvgIpc) is 2.08. The molecule has 0 bridgehead atoms. The van der Waals surface area contributed by atoms with Gasteiger partial charge in [-0.25, -0.2) is 18.3 Å². The van der Waals surface area contributed by atoms with E-state index < -0.39 is 32.7 Å². The quantitative estimate of drug-likeness (QED) is 0.828. The van der Waals surface area contributed by atoms with E-state index >= 15 is 0 Å². The Morgan fingerprint density at radius 1 is 1.31 bits per heavy atom. The van der Waals surface area contributed by atoms with Gasteiger partial charge in [-0.2, -0.15) is 8.42 Å². The van der Waals surface area contributed by atoms with Gasteiger partial charge in [0.1, 0.15) is 0 Å². The molecule has 0 saturated carbocycles. The van der Waals surface area contributed by atoms with Crippen LogP contribution < -0.4 is 9.46 Å². The molecule has 0 heterocycles. The highest BCUT2D eigenvalue weighted by molar-refractivity contribution is 8.12. The fourth-order valence-corrected chi connectivity index (χ4v) is 1.22. The van der Waals surface area contributed by atoms with Crippen molar-refractivity contribution < 1.29 is 26.7 Å². The first kappa shape index (κ1) is 12.7. The summed E-state index contributed by atoms with van der Waals surface area (Å²) in [5.41, 5.74) is 0. The molecule has 9 heteroatoms. The molecule has 0 radical (unpaired) electrons. The standard InChI is InChI=1S/C7H4ClF2NO4S/c8-16(13,14)11-7(12)15-6-4(9)2-1-3-5(6)10/h1-3H,(H,11,12). The summed E-state index contributed by atoms with van der Waals surface area (Å²) in [4.78, 5) is 10.8. The maximum absolute atomic E-state index is 12.9. The van der Waals surface area contributed by atoms with Gasteiger partial charge in [-0.1, -0.05) is 6.07 Å². The lowest BCUT2D eigenvalue weighted by Gasteiger charge is -2.05. The average molecular weight is 272 g/mol. The van der Waals surface area contributed by atoms with Gasteiger partial charge in [0.2, 0.25) is 5.75 Å². The number of ether oxygens (including phenoxy) is 1. The minimum atomic E-state index is -4.37. The molecule has 0 spiro atoms. The lowest BCUT2D eigenvalue weighted by atomic mass is 10.3. The zero-order valence-corrected chi connectivity index (χ0v) is 8.98. The van der Waals surface area contributed by atoms with Crippen LogP contribution in [0.4, 0.5) is 13.6 Å². The summed E-state index contributed by atoms with van der Waals surface area (Å²) in [6.07, 6.45) is -1.61. The van der Waals surface area contributed by atoms with Crippen LogP contribution >= 0.6 is 10.7 Å². The number of hydrogen-bond donors (Lipinski definition) is 1. The second-order valence-electron chi connectivity index (χ2n) is 2.48. The first-order valence-corrected chi connectivity index (χ1v) is 5.99. The van der Waals surface area contributed by atoms with Crippen LogP contribution in [0.5, 0.6) is 5.75 Å². The third kappa shape index (κ3) is 3.63. The van der Waals surface area contributed by atoms with Crippen LogP contribution in [0.1, 0.15) is 0 Å². The fourth-order valence-electron chi connectivity index (χ4n) is 0.793. The van der Waals surface area contributed by atoms with Crippen molar-refractivity contribution in [1.29, 1.82) is 0 Å². The molecule has 88 valence electrons. The van der Waals surface area contributed by atoms with Crippen LogP contribution in [0.2, 0.25) is 0 Å². The molecule has 5 nitrogen and oxygen atoms in total. The maximum atomic E-state index is 12.9. The van der Waals surface area contributed by atoms with Gasteiger partial charge in [-0.05, 0) is 12.1 Å². The Morgan fingerprint density at radius 2 is 1.81 bits per heavy atom. The highest BCUT2D eigenvalue weighted by atomic mass is 35.7. The molecule has 0 fully saturated rings. The summed E-state index contributed by atoms with van der Waals surface area (Å²) in [5, 5.41) is 0. The second kappa shape index (κ2) is 4.62. The van der Waals surface area contributed by atoms with Crippen molar-refractivity contribution in [2.75, 3.05) is 0 Å².